The molecule has 6 heteroatoms. The zero-order valence-electron chi connectivity index (χ0n) is 12.4. The summed E-state index contributed by atoms with van der Waals surface area (Å²) < 4.78 is 15.1. The van der Waals surface area contributed by atoms with Crippen molar-refractivity contribution in [3.05, 3.63) is 28.8 Å². The summed E-state index contributed by atoms with van der Waals surface area (Å²) in [4.78, 5) is 22.7. The van der Waals surface area contributed by atoms with Crippen LogP contribution < -0.4 is 9.47 Å². The van der Waals surface area contributed by atoms with Crippen LogP contribution in [0.2, 0.25) is 0 Å². The Hall–Kier alpha value is -1.82. The Morgan fingerprint density at radius 2 is 1.95 bits per heavy atom. The molecule has 1 aromatic rings. The van der Waals surface area contributed by atoms with E-state index in [-0.39, 0.29) is 0 Å². The van der Waals surface area contributed by atoms with Crippen molar-refractivity contribution in [1.29, 1.82) is 0 Å². The monoisotopic (exact) mass is 356 g/mol. The van der Waals surface area contributed by atoms with Crippen molar-refractivity contribution in [1.82, 2.24) is 0 Å². The Morgan fingerprint density at radius 3 is 2.43 bits per heavy atom. The molecular weight excluding hydrogens is 340 g/mol. The predicted octanol–water partition coefficient (Wildman–Crippen LogP) is 2.88. The first kappa shape index (κ1) is 17.2. The standard InChI is InChI=1S/C15H17BrO5/c1-9-5-11(6-12(8-16)15(18)20-4)7-13(19-3)14(9)21-10(2)17/h5-7H,8H2,1-4H3/b12-6+. The highest BCUT2D eigenvalue weighted by atomic mass is 79.9. The second-order valence-corrected chi connectivity index (χ2v) is 4.82. The maximum absolute atomic E-state index is 11.6. The van der Waals surface area contributed by atoms with Crippen LogP contribution in [0.1, 0.15) is 18.1 Å². The van der Waals surface area contributed by atoms with Gasteiger partial charge in [-0.3, -0.25) is 4.79 Å². The van der Waals surface area contributed by atoms with Gasteiger partial charge in [-0.15, -0.1) is 0 Å². The molecule has 1 rings (SSSR count). The van der Waals surface area contributed by atoms with Gasteiger partial charge in [0.2, 0.25) is 0 Å². The molecule has 0 aliphatic rings. The number of aryl methyl sites for hydroxylation is 1. The van der Waals surface area contributed by atoms with Crippen molar-refractivity contribution in [2.45, 2.75) is 13.8 Å². The van der Waals surface area contributed by atoms with Gasteiger partial charge in [-0.05, 0) is 36.3 Å². The first-order valence-corrected chi connectivity index (χ1v) is 7.27. The molecule has 0 saturated heterocycles. The number of halogens is 1. The van der Waals surface area contributed by atoms with Gasteiger partial charge in [-0.1, -0.05) is 15.9 Å². The van der Waals surface area contributed by atoms with Gasteiger partial charge in [-0.2, -0.15) is 0 Å². The normalized spacial score (nSPS) is 11.0. The molecule has 0 aromatic heterocycles. The maximum Gasteiger partial charge on any atom is 0.334 e. The second kappa shape index (κ2) is 7.83. The average Bonchev–Trinajstić information content (AvgIpc) is 2.45. The number of esters is 2. The third kappa shape index (κ3) is 4.60. The zero-order valence-corrected chi connectivity index (χ0v) is 13.9. The van der Waals surface area contributed by atoms with Crippen LogP contribution in [0.5, 0.6) is 11.5 Å². The fourth-order valence-corrected chi connectivity index (χ4v) is 2.15. The largest absolute Gasteiger partial charge is 0.493 e. The van der Waals surface area contributed by atoms with Crippen molar-refractivity contribution in [2.75, 3.05) is 19.5 Å². The minimum absolute atomic E-state index is 0.368. The number of alkyl halides is 1. The number of benzene rings is 1. The van der Waals surface area contributed by atoms with E-state index in [0.717, 1.165) is 11.1 Å². The van der Waals surface area contributed by atoms with Crippen LogP contribution in [0, 0.1) is 6.92 Å². The third-order valence-electron chi connectivity index (χ3n) is 2.66. The average molecular weight is 357 g/mol. The van der Waals surface area contributed by atoms with E-state index < -0.39 is 11.9 Å². The zero-order chi connectivity index (χ0) is 16.0. The molecule has 0 saturated carbocycles. The number of hydrogen-bond donors (Lipinski definition) is 0. The first-order valence-electron chi connectivity index (χ1n) is 6.14. The molecule has 0 aliphatic heterocycles. The maximum atomic E-state index is 11.6. The highest BCUT2D eigenvalue weighted by molar-refractivity contribution is 9.09. The van der Waals surface area contributed by atoms with Gasteiger partial charge in [0.25, 0.3) is 0 Å². The Labute approximate surface area is 132 Å². The molecule has 1 aromatic carbocycles. The molecule has 0 atom stereocenters. The van der Waals surface area contributed by atoms with Crippen molar-refractivity contribution < 1.29 is 23.8 Å². The number of carbonyl (C=O) groups excluding carboxylic acids is 2. The number of rotatable bonds is 5. The van der Waals surface area contributed by atoms with Gasteiger partial charge in [-0.25, -0.2) is 4.79 Å². The van der Waals surface area contributed by atoms with E-state index in [4.69, 9.17) is 14.2 Å². The van der Waals surface area contributed by atoms with E-state index in [1.807, 2.05) is 0 Å². The van der Waals surface area contributed by atoms with Crippen LogP contribution in [0.15, 0.2) is 17.7 Å². The summed E-state index contributed by atoms with van der Waals surface area (Å²) in [5, 5.41) is 0.368. The number of hydrogen-bond acceptors (Lipinski definition) is 5. The van der Waals surface area contributed by atoms with E-state index >= 15 is 0 Å². The molecule has 0 unspecified atom stereocenters. The lowest BCUT2D eigenvalue weighted by molar-refractivity contribution is -0.136. The van der Waals surface area contributed by atoms with Gasteiger partial charge in [0, 0.05) is 17.8 Å². The highest BCUT2D eigenvalue weighted by Gasteiger charge is 2.13. The fraction of sp³-hybridized carbons (Fsp3) is 0.333. The van der Waals surface area contributed by atoms with Gasteiger partial charge in [0.15, 0.2) is 11.5 Å². The lowest BCUT2D eigenvalue weighted by atomic mass is 10.1. The number of ether oxygens (including phenoxy) is 3. The minimum atomic E-state index is -0.421. The van der Waals surface area contributed by atoms with Crippen LogP contribution in [0.25, 0.3) is 6.08 Å². The van der Waals surface area contributed by atoms with Crippen LogP contribution in [-0.2, 0) is 14.3 Å². The summed E-state index contributed by atoms with van der Waals surface area (Å²) in [7, 11) is 2.81. The molecule has 0 radical (unpaired) electrons. The summed E-state index contributed by atoms with van der Waals surface area (Å²) in [6.45, 7) is 3.12. The quantitative estimate of drug-likeness (QED) is 0.351. The molecule has 0 spiro atoms. The van der Waals surface area contributed by atoms with Gasteiger partial charge >= 0.3 is 11.9 Å². The Morgan fingerprint density at radius 1 is 1.29 bits per heavy atom. The van der Waals surface area contributed by atoms with Gasteiger partial charge in [0.05, 0.1) is 14.2 Å². The lowest BCUT2D eigenvalue weighted by Gasteiger charge is -2.12. The molecule has 5 nitrogen and oxygen atoms in total. The van der Waals surface area contributed by atoms with Crippen molar-refractivity contribution in [3.8, 4) is 11.5 Å². The molecule has 0 heterocycles. The van der Waals surface area contributed by atoms with Crippen molar-refractivity contribution in [2.24, 2.45) is 0 Å². The van der Waals surface area contributed by atoms with Gasteiger partial charge < -0.3 is 14.2 Å². The second-order valence-electron chi connectivity index (χ2n) is 4.26. The predicted molar refractivity (Wildman–Crippen MR) is 82.8 cm³/mol. The van der Waals surface area contributed by atoms with Crippen molar-refractivity contribution >= 4 is 33.9 Å². The van der Waals surface area contributed by atoms with E-state index in [1.54, 1.807) is 25.1 Å². The first-order chi connectivity index (χ1) is 9.92. The fourth-order valence-electron chi connectivity index (χ4n) is 1.76. The smallest absolute Gasteiger partial charge is 0.334 e. The molecule has 0 fully saturated rings. The SMILES string of the molecule is COC(=O)/C(=C/c1cc(C)c(OC(C)=O)c(OC)c1)CBr. The number of carbonyl (C=O) groups is 2. The minimum Gasteiger partial charge on any atom is -0.493 e. The topological polar surface area (TPSA) is 61.8 Å². The lowest BCUT2D eigenvalue weighted by Crippen LogP contribution is -2.06. The summed E-state index contributed by atoms with van der Waals surface area (Å²) >= 11 is 3.25. The molecule has 0 N–H and O–H groups in total. The van der Waals surface area contributed by atoms with E-state index in [0.29, 0.717) is 22.4 Å². The molecule has 114 valence electrons. The molecule has 0 aliphatic carbocycles. The number of methoxy groups -OCH3 is 2. The van der Waals surface area contributed by atoms with Crippen LogP contribution in [0.4, 0.5) is 0 Å². The van der Waals surface area contributed by atoms with Crippen LogP contribution >= 0.6 is 15.9 Å². The highest BCUT2D eigenvalue weighted by Crippen LogP contribution is 2.33. The molecule has 21 heavy (non-hydrogen) atoms. The molecule has 0 amide bonds. The van der Waals surface area contributed by atoms with Crippen molar-refractivity contribution in [3.63, 3.8) is 0 Å². The van der Waals surface area contributed by atoms with E-state index in [1.165, 1.54) is 21.1 Å². The van der Waals surface area contributed by atoms with Gasteiger partial charge in [0.1, 0.15) is 0 Å². The van der Waals surface area contributed by atoms with E-state index in [2.05, 4.69) is 15.9 Å². The van der Waals surface area contributed by atoms with E-state index in [9.17, 15) is 9.59 Å². The van der Waals surface area contributed by atoms with Crippen LogP contribution in [-0.4, -0.2) is 31.5 Å². The summed E-state index contributed by atoms with van der Waals surface area (Å²) in [6.07, 6.45) is 1.69. The Kier molecular flexibility index (Phi) is 6.42. The molecule has 0 bridgehead atoms. The van der Waals surface area contributed by atoms with Crippen LogP contribution in [0.3, 0.4) is 0 Å². The third-order valence-corrected chi connectivity index (χ3v) is 3.27. The molecular formula is C15H17BrO5. The Bertz CT molecular complexity index is 578. The summed E-state index contributed by atoms with van der Waals surface area (Å²) in [5.74, 6) is -0.0289. The Balaban J connectivity index is 3.28. The summed E-state index contributed by atoms with van der Waals surface area (Å²) in [5.41, 5.74) is 1.95. The summed E-state index contributed by atoms with van der Waals surface area (Å²) in [6, 6.07) is 3.49.